The number of hydrogen-bond donors (Lipinski definition) is 2. The molecular formula is C25H21FN6. The molecule has 0 amide bonds. The van der Waals surface area contributed by atoms with Gasteiger partial charge in [-0.2, -0.15) is 4.98 Å². The van der Waals surface area contributed by atoms with E-state index < -0.39 is 0 Å². The minimum absolute atomic E-state index is 0.293. The quantitative estimate of drug-likeness (QED) is 0.322. The van der Waals surface area contributed by atoms with Gasteiger partial charge in [0.05, 0.1) is 16.6 Å². The van der Waals surface area contributed by atoms with Gasteiger partial charge in [-0.3, -0.25) is 0 Å². The Morgan fingerprint density at radius 3 is 2.50 bits per heavy atom. The number of aromatic nitrogens is 4. The Hall–Kier alpha value is -4.26. The lowest BCUT2D eigenvalue weighted by Crippen LogP contribution is -2.03. The van der Waals surface area contributed by atoms with Gasteiger partial charge in [0.1, 0.15) is 17.5 Å². The normalized spacial score (nSPS) is 11.1. The summed E-state index contributed by atoms with van der Waals surface area (Å²) in [5.74, 6) is 1.74. The smallest absolute Gasteiger partial charge is 0.229 e. The number of aryl methyl sites for hydroxylation is 1. The molecule has 0 aliphatic rings. The number of hydrogen-bond acceptors (Lipinski definition) is 5. The van der Waals surface area contributed by atoms with Gasteiger partial charge in [0.25, 0.3) is 0 Å². The first-order chi connectivity index (χ1) is 15.6. The Morgan fingerprint density at radius 1 is 0.906 bits per heavy atom. The highest BCUT2D eigenvalue weighted by Crippen LogP contribution is 2.28. The van der Waals surface area contributed by atoms with Crippen molar-refractivity contribution in [1.82, 2.24) is 19.5 Å². The summed E-state index contributed by atoms with van der Waals surface area (Å²) < 4.78 is 15.4. The van der Waals surface area contributed by atoms with Crippen LogP contribution in [0, 0.1) is 12.7 Å². The van der Waals surface area contributed by atoms with Crippen molar-refractivity contribution in [3.05, 3.63) is 91.0 Å². The number of nitrogens with one attached hydrogen (secondary N) is 2. The summed E-state index contributed by atoms with van der Waals surface area (Å²) in [6, 6.07) is 19.9. The van der Waals surface area contributed by atoms with Crippen LogP contribution in [-0.2, 0) is 6.54 Å². The second-order valence-electron chi connectivity index (χ2n) is 7.43. The van der Waals surface area contributed by atoms with Crippen molar-refractivity contribution in [3.8, 4) is 0 Å². The zero-order valence-corrected chi connectivity index (χ0v) is 17.5. The van der Waals surface area contributed by atoms with Gasteiger partial charge >= 0.3 is 0 Å². The van der Waals surface area contributed by atoms with Gasteiger partial charge in [0, 0.05) is 23.3 Å². The fourth-order valence-electron chi connectivity index (χ4n) is 3.71. The average Bonchev–Trinajstić information content (AvgIpc) is 3.10. The van der Waals surface area contributed by atoms with Crippen molar-refractivity contribution < 1.29 is 4.39 Å². The molecule has 0 saturated heterocycles. The lowest BCUT2D eigenvalue weighted by atomic mass is 10.2. The predicted molar refractivity (Wildman–Crippen MR) is 127 cm³/mol. The highest BCUT2D eigenvalue weighted by atomic mass is 19.1. The summed E-state index contributed by atoms with van der Waals surface area (Å²) >= 11 is 0. The standard InChI is InChI=1S/C25H21FN6/c1-3-14-32-16(2)27-22-13-12-19(15-23(22)32)28-24-20-6-4-5-7-21(20)30-25(31-24)29-18-10-8-17(26)9-11-18/h3-13,15H,1,14H2,2H3,(H2,28,29,30,31). The molecule has 0 unspecified atom stereocenters. The summed E-state index contributed by atoms with van der Waals surface area (Å²) in [5, 5.41) is 7.49. The number of benzene rings is 3. The minimum atomic E-state index is -0.293. The van der Waals surface area contributed by atoms with Gasteiger partial charge in [-0.1, -0.05) is 18.2 Å². The summed E-state index contributed by atoms with van der Waals surface area (Å²) in [6.45, 7) is 6.52. The van der Waals surface area contributed by atoms with Gasteiger partial charge in [-0.15, -0.1) is 6.58 Å². The number of rotatable bonds is 6. The topological polar surface area (TPSA) is 67.7 Å². The van der Waals surface area contributed by atoms with Gasteiger partial charge in [0.15, 0.2) is 0 Å². The van der Waals surface area contributed by atoms with E-state index in [4.69, 9.17) is 4.98 Å². The molecule has 6 nitrogen and oxygen atoms in total. The Kier molecular flexibility index (Phi) is 4.99. The van der Waals surface area contributed by atoms with Gasteiger partial charge in [0.2, 0.25) is 5.95 Å². The summed E-state index contributed by atoms with van der Waals surface area (Å²) in [6.07, 6.45) is 1.86. The number of anilines is 4. The van der Waals surface area contributed by atoms with E-state index in [0.717, 1.165) is 33.4 Å². The van der Waals surface area contributed by atoms with Crippen LogP contribution in [0.3, 0.4) is 0 Å². The molecule has 32 heavy (non-hydrogen) atoms. The van der Waals surface area contributed by atoms with Crippen LogP contribution >= 0.6 is 0 Å². The monoisotopic (exact) mass is 424 g/mol. The largest absolute Gasteiger partial charge is 0.339 e. The SMILES string of the molecule is C=CCn1c(C)nc2ccc(Nc3nc(Nc4ccc(F)cc4)nc4ccccc34)cc21. The van der Waals surface area contributed by atoms with Crippen molar-refractivity contribution in [1.29, 1.82) is 0 Å². The molecule has 0 saturated carbocycles. The fourth-order valence-corrected chi connectivity index (χ4v) is 3.71. The maximum absolute atomic E-state index is 13.2. The Morgan fingerprint density at radius 2 is 1.69 bits per heavy atom. The van der Waals surface area contributed by atoms with Crippen molar-refractivity contribution in [3.63, 3.8) is 0 Å². The molecule has 0 aliphatic heterocycles. The van der Waals surface area contributed by atoms with Crippen LogP contribution in [0.2, 0.25) is 0 Å². The number of allylic oxidation sites excluding steroid dienone is 1. The van der Waals surface area contributed by atoms with E-state index in [1.807, 2.05) is 49.4 Å². The second-order valence-corrected chi connectivity index (χ2v) is 7.43. The third-order valence-corrected chi connectivity index (χ3v) is 5.22. The Labute approximate surface area is 184 Å². The average molecular weight is 424 g/mol. The number of para-hydroxylation sites is 1. The zero-order valence-electron chi connectivity index (χ0n) is 17.5. The summed E-state index contributed by atoms with van der Waals surface area (Å²) in [7, 11) is 0. The molecule has 7 heteroatoms. The van der Waals surface area contributed by atoms with Crippen LogP contribution in [0.25, 0.3) is 21.9 Å². The first kappa shape index (κ1) is 19.7. The van der Waals surface area contributed by atoms with Crippen LogP contribution < -0.4 is 10.6 Å². The van der Waals surface area contributed by atoms with E-state index in [-0.39, 0.29) is 5.82 Å². The second kappa shape index (κ2) is 8.11. The lowest BCUT2D eigenvalue weighted by molar-refractivity contribution is 0.628. The molecule has 2 heterocycles. The molecule has 2 aromatic heterocycles. The first-order valence-electron chi connectivity index (χ1n) is 10.2. The van der Waals surface area contributed by atoms with E-state index in [1.165, 1.54) is 12.1 Å². The van der Waals surface area contributed by atoms with E-state index in [1.54, 1.807) is 12.1 Å². The van der Waals surface area contributed by atoms with Crippen molar-refractivity contribution >= 4 is 45.1 Å². The van der Waals surface area contributed by atoms with Crippen LogP contribution in [-0.4, -0.2) is 19.5 Å². The van der Waals surface area contributed by atoms with Crippen molar-refractivity contribution in [2.24, 2.45) is 0 Å². The molecule has 0 radical (unpaired) electrons. The predicted octanol–water partition coefficient (Wildman–Crippen LogP) is 6.10. The van der Waals surface area contributed by atoms with E-state index in [9.17, 15) is 4.39 Å². The van der Waals surface area contributed by atoms with Crippen LogP contribution in [0.1, 0.15) is 5.82 Å². The molecule has 5 rings (SSSR count). The molecule has 2 N–H and O–H groups in total. The van der Waals surface area contributed by atoms with Crippen molar-refractivity contribution in [2.75, 3.05) is 10.6 Å². The van der Waals surface area contributed by atoms with Crippen molar-refractivity contribution in [2.45, 2.75) is 13.5 Å². The molecule has 5 aromatic rings. The zero-order chi connectivity index (χ0) is 22.1. The molecule has 3 aromatic carbocycles. The maximum Gasteiger partial charge on any atom is 0.229 e. The number of nitrogens with zero attached hydrogens (tertiary/aromatic N) is 4. The van der Waals surface area contributed by atoms with E-state index >= 15 is 0 Å². The molecule has 0 fully saturated rings. The maximum atomic E-state index is 13.2. The highest BCUT2D eigenvalue weighted by molar-refractivity contribution is 5.93. The van der Waals surface area contributed by atoms with Gasteiger partial charge in [-0.25, -0.2) is 14.4 Å². The Balaban J connectivity index is 1.55. The number of fused-ring (bicyclic) bond motifs is 2. The molecule has 0 aliphatic carbocycles. The van der Waals surface area contributed by atoms with E-state index in [0.29, 0.717) is 24.0 Å². The third kappa shape index (κ3) is 3.76. The molecule has 0 bridgehead atoms. The molecule has 0 spiro atoms. The fraction of sp³-hybridized carbons (Fsp3) is 0.0800. The molecular weight excluding hydrogens is 403 g/mol. The number of imidazole rings is 1. The first-order valence-corrected chi connectivity index (χ1v) is 10.2. The summed E-state index contributed by atoms with van der Waals surface area (Å²) in [5.41, 5.74) is 4.34. The minimum Gasteiger partial charge on any atom is -0.339 e. The molecule has 158 valence electrons. The van der Waals surface area contributed by atoms with Crippen LogP contribution in [0.15, 0.2) is 79.4 Å². The Bertz CT molecular complexity index is 1440. The molecule has 0 atom stereocenters. The number of halogens is 1. The lowest BCUT2D eigenvalue weighted by Gasteiger charge is -2.12. The van der Waals surface area contributed by atoms with Crippen LogP contribution in [0.4, 0.5) is 27.5 Å². The van der Waals surface area contributed by atoms with Gasteiger partial charge < -0.3 is 15.2 Å². The van der Waals surface area contributed by atoms with E-state index in [2.05, 4.69) is 37.8 Å². The van der Waals surface area contributed by atoms with Gasteiger partial charge in [-0.05, 0) is 61.5 Å². The van der Waals surface area contributed by atoms with Crippen LogP contribution in [0.5, 0.6) is 0 Å². The highest BCUT2D eigenvalue weighted by Gasteiger charge is 2.11. The third-order valence-electron chi connectivity index (χ3n) is 5.22. The summed E-state index contributed by atoms with van der Waals surface area (Å²) in [4.78, 5) is 13.9.